The number of nitrogens with zero attached hydrogens (tertiary/aromatic N) is 2. The topological polar surface area (TPSA) is 50.3 Å². The van der Waals surface area contributed by atoms with E-state index in [0.29, 0.717) is 11.3 Å². The molecular weight excluding hydrogens is 417 g/mol. The zero-order valence-electron chi connectivity index (χ0n) is 16.6. The number of benzene rings is 2. The molecule has 0 aliphatic carbocycles. The van der Waals surface area contributed by atoms with E-state index in [2.05, 4.69) is 16.8 Å². The lowest BCUT2D eigenvalue weighted by Gasteiger charge is -2.14. The number of carbonyl (C=O) groups is 2. The van der Waals surface area contributed by atoms with Crippen molar-refractivity contribution in [2.24, 2.45) is 0 Å². The number of aromatic nitrogens is 1. The molecule has 158 valence electrons. The average Bonchev–Trinajstić information content (AvgIpc) is 3.03. The molecular formula is C25H15F3N2O2. The molecule has 0 N–H and O–H groups in total. The van der Waals surface area contributed by atoms with E-state index in [4.69, 9.17) is 0 Å². The van der Waals surface area contributed by atoms with Crippen LogP contribution in [-0.2, 0) is 22.3 Å². The summed E-state index contributed by atoms with van der Waals surface area (Å²) in [4.78, 5) is 31.4. The number of alkyl halides is 3. The number of hydrogen-bond acceptors (Lipinski definition) is 3. The summed E-state index contributed by atoms with van der Waals surface area (Å²) in [5.41, 5.74) is 0.393. The molecule has 2 heterocycles. The maximum Gasteiger partial charge on any atom is 0.416 e. The Morgan fingerprint density at radius 1 is 0.812 bits per heavy atom. The maximum atomic E-state index is 13.2. The fraction of sp³-hybridized carbons (Fsp3) is 0.0800. The molecule has 0 bridgehead atoms. The van der Waals surface area contributed by atoms with E-state index in [1.807, 2.05) is 6.07 Å². The van der Waals surface area contributed by atoms with Gasteiger partial charge < -0.3 is 0 Å². The molecule has 0 radical (unpaired) electrons. The summed E-state index contributed by atoms with van der Waals surface area (Å²) in [6.07, 6.45) is -2.97. The van der Waals surface area contributed by atoms with E-state index in [9.17, 15) is 22.8 Å². The third-order valence-electron chi connectivity index (χ3n) is 4.82. The second kappa shape index (κ2) is 8.52. The van der Waals surface area contributed by atoms with Crippen LogP contribution in [0.5, 0.6) is 0 Å². The monoisotopic (exact) mass is 432 g/mol. The van der Waals surface area contributed by atoms with Gasteiger partial charge in [0.1, 0.15) is 5.57 Å². The van der Waals surface area contributed by atoms with E-state index >= 15 is 0 Å². The molecule has 32 heavy (non-hydrogen) atoms. The zero-order valence-corrected chi connectivity index (χ0v) is 16.6. The predicted molar refractivity (Wildman–Crippen MR) is 111 cm³/mol. The summed E-state index contributed by atoms with van der Waals surface area (Å²) in [7, 11) is 0. The van der Waals surface area contributed by atoms with Gasteiger partial charge in [-0.1, -0.05) is 48.2 Å². The highest BCUT2D eigenvalue weighted by molar-refractivity contribution is 6.37. The molecule has 1 aromatic heterocycles. The van der Waals surface area contributed by atoms with Gasteiger partial charge >= 0.3 is 6.18 Å². The molecule has 0 unspecified atom stereocenters. The highest BCUT2D eigenvalue weighted by Gasteiger charge is 2.39. The van der Waals surface area contributed by atoms with Gasteiger partial charge in [0.05, 0.1) is 23.4 Å². The summed E-state index contributed by atoms with van der Waals surface area (Å²) < 4.78 is 38.9. The molecule has 0 fully saturated rings. The Hall–Kier alpha value is -4.18. The number of halogens is 3. The van der Waals surface area contributed by atoms with Crippen molar-refractivity contribution in [1.29, 1.82) is 0 Å². The Bertz CT molecular complexity index is 1250. The van der Waals surface area contributed by atoms with Crippen LogP contribution < -0.4 is 0 Å². The van der Waals surface area contributed by atoms with E-state index in [1.54, 1.807) is 48.7 Å². The van der Waals surface area contributed by atoms with Crippen LogP contribution in [0.15, 0.2) is 84.6 Å². The van der Waals surface area contributed by atoms with Gasteiger partial charge in [0.15, 0.2) is 0 Å². The van der Waals surface area contributed by atoms with E-state index in [-0.39, 0.29) is 23.3 Å². The van der Waals surface area contributed by atoms with Crippen LogP contribution in [0.3, 0.4) is 0 Å². The minimum Gasteiger partial charge on any atom is -0.269 e. The first-order valence-corrected chi connectivity index (χ1v) is 9.59. The van der Waals surface area contributed by atoms with Crippen molar-refractivity contribution in [3.8, 4) is 11.8 Å². The van der Waals surface area contributed by atoms with Crippen LogP contribution in [-0.4, -0.2) is 21.7 Å². The van der Waals surface area contributed by atoms with Gasteiger partial charge in [0, 0.05) is 11.8 Å². The van der Waals surface area contributed by atoms with E-state index in [1.165, 1.54) is 12.1 Å². The number of imide groups is 1. The molecule has 0 saturated carbocycles. The van der Waals surface area contributed by atoms with Gasteiger partial charge in [0.25, 0.3) is 11.8 Å². The van der Waals surface area contributed by atoms with Gasteiger partial charge in [-0.2, -0.15) is 13.2 Å². The number of hydrogen-bond donors (Lipinski definition) is 0. The largest absolute Gasteiger partial charge is 0.416 e. The molecule has 0 atom stereocenters. The van der Waals surface area contributed by atoms with Gasteiger partial charge in [-0.3, -0.25) is 19.5 Å². The molecule has 1 aliphatic rings. The lowest BCUT2D eigenvalue weighted by molar-refractivity contribution is -0.138. The number of rotatable bonds is 3. The van der Waals surface area contributed by atoms with Crippen LogP contribution in [0.4, 0.5) is 13.2 Å². The van der Waals surface area contributed by atoms with Crippen molar-refractivity contribution in [3.05, 3.63) is 107 Å². The molecule has 1 aliphatic heterocycles. The summed E-state index contributed by atoms with van der Waals surface area (Å²) in [5.74, 6) is 4.38. The van der Waals surface area contributed by atoms with E-state index in [0.717, 1.165) is 17.0 Å². The molecule has 0 saturated heterocycles. The van der Waals surface area contributed by atoms with E-state index < -0.39 is 23.6 Å². The standard InChI is InChI=1S/C25H15F3N2O2/c26-25(27,28)19-12-10-18(11-13-19)22-21(14-9-17-6-2-1-3-7-17)23(31)30(24(22)32)16-20-8-4-5-15-29-20/h1-8,10-13,15H,16H2. The van der Waals surface area contributed by atoms with Crippen LogP contribution in [0.1, 0.15) is 22.4 Å². The minimum absolute atomic E-state index is 0.0249. The van der Waals surface area contributed by atoms with Gasteiger partial charge in [-0.15, -0.1) is 0 Å². The zero-order chi connectivity index (χ0) is 22.7. The summed E-state index contributed by atoms with van der Waals surface area (Å²) in [6, 6.07) is 18.1. The van der Waals surface area contributed by atoms with Crippen molar-refractivity contribution in [2.45, 2.75) is 12.7 Å². The summed E-state index contributed by atoms with van der Waals surface area (Å²) >= 11 is 0. The smallest absolute Gasteiger partial charge is 0.269 e. The first-order valence-electron chi connectivity index (χ1n) is 9.59. The molecule has 2 aromatic carbocycles. The number of carbonyl (C=O) groups excluding carboxylic acids is 2. The fourth-order valence-electron chi connectivity index (χ4n) is 3.24. The molecule has 4 rings (SSSR count). The van der Waals surface area contributed by atoms with Crippen LogP contribution in [0.25, 0.3) is 5.57 Å². The Labute approximate surface area is 182 Å². The lowest BCUT2D eigenvalue weighted by atomic mass is 10.00. The predicted octanol–water partition coefficient (Wildman–Crippen LogP) is 4.47. The van der Waals surface area contributed by atoms with Crippen LogP contribution in [0, 0.1) is 11.8 Å². The first-order chi connectivity index (χ1) is 15.3. The van der Waals surface area contributed by atoms with Gasteiger partial charge in [-0.05, 0) is 42.0 Å². The van der Waals surface area contributed by atoms with Crippen molar-refractivity contribution >= 4 is 17.4 Å². The molecule has 4 nitrogen and oxygen atoms in total. The fourth-order valence-corrected chi connectivity index (χ4v) is 3.24. The molecule has 7 heteroatoms. The molecule has 0 spiro atoms. The van der Waals surface area contributed by atoms with Crippen LogP contribution >= 0.6 is 0 Å². The number of amides is 2. The lowest BCUT2D eigenvalue weighted by Crippen LogP contribution is -2.31. The number of pyridine rings is 1. The average molecular weight is 432 g/mol. The summed E-state index contributed by atoms with van der Waals surface area (Å²) in [5, 5.41) is 0. The Balaban J connectivity index is 1.77. The second-order valence-electron chi connectivity index (χ2n) is 6.96. The maximum absolute atomic E-state index is 13.2. The summed E-state index contributed by atoms with van der Waals surface area (Å²) in [6.45, 7) is -0.0703. The third kappa shape index (κ3) is 4.30. The van der Waals surface area contributed by atoms with Gasteiger partial charge in [0.2, 0.25) is 0 Å². The van der Waals surface area contributed by atoms with Crippen molar-refractivity contribution in [2.75, 3.05) is 0 Å². The Morgan fingerprint density at radius 3 is 2.12 bits per heavy atom. The normalized spacial score (nSPS) is 13.9. The third-order valence-corrected chi connectivity index (χ3v) is 4.82. The van der Waals surface area contributed by atoms with Crippen molar-refractivity contribution < 1.29 is 22.8 Å². The first kappa shape index (κ1) is 21.1. The van der Waals surface area contributed by atoms with Crippen molar-refractivity contribution in [3.63, 3.8) is 0 Å². The highest BCUT2D eigenvalue weighted by Crippen LogP contribution is 2.33. The van der Waals surface area contributed by atoms with Crippen molar-refractivity contribution in [1.82, 2.24) is 9.88 Å². The van der Waals surface area contributed by atoms with Crippen LogP contribution in [0.2, 0.25) is 0 Å². The minimum atomic E-state index is -4.51. The SMILES string of the molecule is O=C1C(C#Cc2ccccc2)=C(c2ccc(C(F)(F)F)cc2)C(=O)N1Cc1ccccn1. The Kier molecular flexibility index (Phi) is 5.61. The van der Waals surface area contributed by atoms with Gasteiger partial charge in [-0.25, -0.2) is 0 Å². The molecule has 2 amide bonds. The second-order valence-corrected chi connectivity index (χ2v) is 6.96. The highest BCUT2D eigenvalue weighted by atomic mass is 19.4. The molecule has 3 aromatic rings. The quantitative estimate of drug-likeness (QED) is 0.453. The Morgan fingerprint density at radius 2 is 1.50 bits per heavy atom.